The second-order valence-electron chi connectivity index (χ2n) is 3.18. The van der Waals surface area contributed by atoms with E-state index in [0.717, 1.165) is 0 Å². The van der Waals surface area contributed by atoms with Gasteiger partial charge in [-0.3, -0.25) is 0 Å². The van der Waals surface area contributed by atoms with Gasteiger partial charge < -0.3 is 10.1 Å². The highest BCUT2D eigenvalue weighted by Gasteiger charge is 2.56. The molecule has 0 unspecified atom stereocenters. The van der Waals surface area contributed by atoms with Gasteiger partial charge in [-0.05, 0) is 12.1 Å². The number of nitrogens with zero attached hydrogens (tertiary/aromatic N) is 2. The summed E-state index contributed by atoms with van der Waals surface area (Å²) >= 11 is -1.45. The van der Waals surface area contributed by atoms with E-state index in [-0.39, 0.29) is 0 Å². The number of hydrogen-bond donors (Lipinski definition) is 0. The minimum absolute atomic E-state index is 0.566. The number of benzene rings is 1. The number of alkyl halides is 6. The molecule has 0 saturated carbocycles. The van der Waals surface area contributed by atoms with Crippen LogP contribution in [0.3, 0.4) is 0 Å². The molecule has 0 aromatic heterocycles. The molecule has 0 radical (unpaired) electrons. The molecule has 0 N–H and O–H groups in total. The summed E-state index contributed by atoms with van der Waals surface area (Å²) in [5.74, 6) is 0. The van der Waals surface area contributed by atoms with Crippen molar-refractivity contribution in [2.45, 2.75) is 11.7 Å². The number of rotatable bonds is 2. The van der Waals surface area contributed by atoms with E-state index in [4.69, 9.17) is 18.5 Å². The molecule has 1 aromatic rings. The van der Waals surface area contributed by atoms with E-state index in [2.05, 4.69) is 4.79 Å². The molecular weight excluding hydrogens is 457 g/mol. The second kappa shape index (κ2) is 7.89. The van der Waals surface area contributed by atoms with Crippen LogP contribution in [0, 0.1) is 3.57 Å². The average Bonchev–Trinajstić information content (AvgIpc) is 2.34. The first-order valence-corrected chi connectivity index (χ1v) is 8.37. The number of halogens is 7. The highest BCUT2D eigenvalue weighted by Crippen LogP contribution is 2.20. The monoisotopic (exact) mass is 462 g/mol. The molecule has 0 atom stereocenters. The molecule has 0 fully saturated rings. The van der Waals surface area contributed by atoms with Gasteiger partial charge in [0, 0.05) is 0 Å². The van der Waals surface area contributed by atoms with Crippen LogP contribution in [0.1, 0.15) is 0 Å². The molecular formula is C9H5F6IN2O3S. The standard InChI is InChI=1S/C8H5F3IN2.CHF3O3S/c9-8(10,11)7(14-13)12-6-4-2-1-3-5-6;2-1(3,4)8(5,6)7/h1-5H;(H,5,6,7)/q+1;/p-1. The van der Waals surface area contributed by atoms with E-state index in [1.807, 2.05) is 0 Å². The molecule has 22 heavy (non-hydrogen) atoms. The van der Waals surface area contributed by atoms with Gasteiger partial charge in [0.2, 0.25) is 3.57 Å². The van der Waals surface area contributed by atoms with Crippen molar-refractivity contribution in [3.63, 3.8) is 0 Å². The van der Waals surface area contributed by atoms with Crippen molar-refractivity contribution in [2.75, 3.05) is 0 Å². The van der Waals surface area contributed by atoms with Crippen molar-refractivity contribution < 1.29 is 65.3 Å². The quantitative estimate of drug-likeness (QED) is 0.110. The lowest BCUT2D eigenvalue weighted by atomic mass is 10.4. The minimum atomic E-state index is -6.09. The van der Waals surface area contributed by atoms with Gasteiger partial charge in [0.1, 0.15) is 0 Å². The van der Waals surface area contributed by atoms with Crippen molar-refractivity contribution in [2.24, 2.45) is 0 Å². The SMILES string of the molecule is O=S(=O)([O-])C(F)(F)F.[N-]=[N+]=C([I+]c1ccccc1)C(F)(F)F. The molecule has 0 bridgehead atoms. The van der Waals surface area contributed by atoms with E-state index < -0.39 is 46.7 Å². The van der Waals surface area contributed by atoms with Crippen LogP contribution in [0.5, 0.6) is 0 Å². The fourth-order valence-electron chi connectivity index (χ4n) is 0.710. The highest BCUT2D eigenvalue weighted by molar-refractivity contribution is 7.86. The van der Waals surface area contributed by atoms with Crippen molar-refractivity contribution >= 4 is 13.8 Å². The third-order valence-electron chi connectivity index (χ3n) is 1.54. The molecule has 124 valence electrons. The molecule has 0 aliphatic carbocycles. The van der Waals surface area contributed by atoms with Crippen LogP contribution in [0.2, 0.25) is 0 Å². The van der Waals surface area contributed by atoms with Gasteiger partial charge in [0.25, 0.3) is 0 Å². The summed E-state index contributed by atoms with van der Waals surface area (Å²) in [7, 11) is -6.09. The summed E-state index contributed by atoms with van der Waals surface area (Å²) in [5.41, 5.74) is 2.57. The fourth-order valence-corrected chi connectivity index (χ4v) is 2.49. The molecule has 0 amide bonds. The molecule has 0 spiro atoms. The third kappa shape index (κ3) is 7.72. The molecule has 13 heteroatoms. The van der Waals surface area contributed by atoms with Crippen LogP contribution in [-0.2, 0) is 10.1 Å². The van der Waals surface area contributed by atoms with E-state index in [1.54, 1.807) is 30.3 Å². The zero-order chi connectivity index (χ0) is 17.6. The zero-order valence-electron chi connectivity index (χ0n) is 10.1. The Morgan fingerprint density at radius 2 is 1.50 bits per heavy atom. The van der Waals surface area contributed by atoms with Crippen molar-refractivity contribution in [1.29, 1.82) is 0 Å². The van der Waals surface area contributed by atoms with Crippen molar-refractivity contribution in [1.82, 2.24) is 0 Å². The predicted molar refractivity (Wildman–Crippen MR) is 55.6 cm³/mol. The van der Waals surface area contributed by atoms with Gasteiger partial charge in [-0.15, -0.1) is 4.79 Å². The van der Waals surface area contributed by atoms with Crippen LogP contribution < -0.4 is 21.2 Å². The van der Waals surface area contributed by atoms with E-state index in [0.29, 0.717) is 3.57 Å². The van der Waals surface area contributed by atoms with Gasteiger partial charge in [0.05, 0.1) is 0 Å². The molecule has 5 nitrogen and oxygen atoms in total. The Morgan fingerprint density at radius 1 is 1.09 bits per heavy atom. The summed E-state index contributed by atoms with van der Waals surface area (Å²) in [5, 5.41) is 0. The Morgan fingerprint density at radius 3 is 1.77 bits per heavy atom. The van der Waals surface area contributed by atoms with Crippen LogP contribution in [-0.4, -0.2) is 33.2 Å². The highest BCUT2D eigenvalue weighted by atomic mass is 127. The zero-order valence-corrected chi connectivity index (χ0v) is 13.0. The topological polar surface area (TPSA) is 93.6 Å². The van der Waals surface area contributed by atoms with Crippen molar-refractivity contribution in [3.8, 4) is 0 Å². The molecule has 0 aliphatic rings. The Labute approximate surface area is 130 Å². The van der Waals surface area contributed by atoms with Crippen LogP contribution in [0.25, 0.3) is 5.53 Å². The predicted octanol–water partition coefficient (Wildman–Crippen LogP) is -0.813. The molecule has 0 heterocycles. The Kier molecular flexibility index (Phi) is 7.47. The first-order chi connectivity index (χ1) is 9.79. The van der Waals surface area contributed by atoms with Crippen molar-refractivity contribution in [3.05, 3.63) is 39.4 Å². The summed E-state index contributed by atoms with van der Waals surface area (Å²) in [6, 6.07) is 8.20. The van der Waals surface area contributed by atoms with E-state index >= 15 is 0 Å². The summed E-state index contributed by atoms with van der Waals surface area (Å²) < 4.78 is 94.8. The fraction of sp³-hybridized carbons (Fsp3) is 0.222. The smallest absolute Gasteiger partial charge is 0.599 e. The van der Waals surface area contributed by atoms with E-state index in [9.17, 15) is 26.3 Å². The largest absolute Gasteiger partial charge is 0.741 e. The van der Waals surface area contributed by atoms with Gasteiger partial charge in [-0.2, -0.15) is 26.3 Å². The normalized spacial score (nSPS) is 12.0. The van der Waals surface area contributed by atoms with Crippen LogP contribution in [0.4, 0.5) is 26.3 Å². The van der Waals surface area contributed by atoms with E-state index in [1.165, 1.54) is 0 Å². The Balaban J connectivity index is 0.000000472. The first kappa shape index (κ1) is 20.8. The molecule has 1 aromatic carbocycles. The Bertz CT molecular complexity index is 638. The van der Waals surface area contributed by atoms with Crippen LogP contribution in [0.15, 0.2) is 30.3 Å². The number of hydrogen-bond acceptors (Lipinski definition) is 3. The Hall–Kier alpha value is -1.18. The molecule has 1 rings (SSSR count). The summed E-state index contributed by atoms with van der Waals surface area (Å²) in [6.07, 6.45) is -4.53. The maximum atomic E-state index is 12.1. The lowest BCUT2D eigenvalue weighted by molar-refractivity contribution is -0.545. The lowest BCUT2D eigenvalue weighted by Gasteiger charge is -2.08. The maximum absolute atomic E-state index is 12.1. The van der Waals surface area contributed by atoms with Gasteiger partial charge >= 0.3 is 36.6 Å². The summed E-state index contributed by atoms with van der Waals surface area (Å²) in [6.45, 7) is 0. The second-order valence-corrected chi connectivity index (χ2v) is 7.36. The van der Waals surface area contributed by atoms with Crippen LogP contribution >= 0.6 is 0 Å². The molecule has 0 saturated heterocycles. The lowest BCUT2D eigenvalue weighted by Crippen LogP contribution is -3.65. The van der Waals surface area contributed by atoms with Gasteiger partial charge in [-0.1, -0.05) is 18.2 Å². The first-order valence-electron chi connectivity index (χ1n) is 4.80. The van der Waals surface area contributed by atoms with Gasteiger partial charge in [0.15, 0.2) is 10.1 Å². The minimum Gasteiger partial charge on any atom is -0.741 e. The molecule has 0 aliphatic heterocycles. The van der Waals surface area contributed by atoms with Gasteiger partial charge in [-0.25, -0.2) is 8.42 Å². The average molecular weight is 462 g/mol. The maximum Gasteiger partial charge on any atom is 0.599 e. The summed E-state index contributed by atoms with van der Waals surface area (Å²) in [4.78, 5) is 2.30. The third-order valence-corrected chi connectivity index (χ3v) is 4.78.